The van der Waals surface area contributed by atoms with Gasteiger partial charge in [0.25, 0.3) is 0 Å². The molecular formula is C18H25N3O2S. The first-order chi connectivity index (χ1) is 11.5. The topological polar surface area (TPSA) is 53.5 Å². The van der Waals surface area contributed by atoms with Gasteiger partial charge in [0.1, 0.15) is 0 Å². The fourth-order valence-electron chi connectivity index (χ4n) is 3.84. The fraction of sp³-hybridized carbons (Fsp3) is 0.611. The first-order valence-corrected chi connectivity index (χ1v) is 9.59. The number of nitrogens with zero attached hydrogens (tertiary/aromatic N) is 3. The summed E-state index contributed by atoms with van der Waals surface area (Å²) in [6.07, 6.45) is 7.64. The third kappa shape index (κ3) is 3.86. The minimum absolute atomic E-state index is 0.0776. The maximum absolute atomic E-state index is 12.7. The molecule has 0 N–H and O–H groups in total. The number of amides is 2. The lowest BCUT2D eigenvalue weighted by molar-refractivity contribution is -0.134. The van der Waals surface area contributed by atoms with Gasteiger partial charge in [-0.25, -0.2) is 4.98 Å². The van der Waals surface area contributed by atoms with Crippen LogP contribution < -0.4 is 0 Å². The highest BCUT2D eigenvalue weighted by molar-refractivity contribution is 7.09. The Morgan fingerprint density at radius 3 is 2.83 bits per heavy atom. The monoisotopic (exact) mass is 347 g/mol. The second kappa shape index (κ2) is 7.47. The number of rotatable bonds is 2. The van der Waals surface area contributed by atoms with Gasteiger partial charge in [-0.1, -0.05) is 6.42 Å². The number of thiazole rings is 1. The zero-order valence-electron chi connectivity index (χ0n) is 14.4. The summed E-state index contributed by atoms with van der Waals surface area (Å²) in [6, 6.07) is 0.262. The van der Waals surface area contributed by atoms with Gasteiger partial charge in [-0.15, -0.1) is 11.3 Å². The fourth-order valence-corrected chi connectivity index (χ4v) is 4.42. The van der Waals surface area contributed by atoms with Crippen LogP contribution in [0.15, 0.2) is 11.5 Å². The molecule has 0 saturated carbocycles. The number of piperidine rings is 1. The van der Waals surface area contributed by atoms with E-state index in [4.69, 9.17) is 0 Å². The van der Waals surface area contributed by atoms with Crippen molar-refractivity contribution in [3.05, 3.63) is 22.2 Å². The first kappa shape index (κ1) is 17.1. The number of hydrogen-bond donors (Lipinski definition) is 0. The van der Waals surface area contributed by atoms with Crippen molar-refractivity contribution < 1.29 is 9.59 Å². The largest absolute Gasteiger partial charge is 0.343 e. The number of carbonyl (C=O) groups is 2. The van der Waals surface area contributed by atoms with Crippen LogP contribution in [0.3, 0.4) is 0 Å². The molecule has 2 aliphatic rings. The Balaban J connectivity index is 1.70. The Labute approximate surface area is 147 Å². The summed E-state index contributed by atoms with van der Waals surface area (Å²) in [7, 11) is 0. The molecule has 6 heteroatoms. The summed E-state index contributed by atoms with van der Waals surface area (Å²) in [4.78, 5) is 32.7. The smallest absolute Gasteiger partial charge is 0.246 e. The second-order valence-electron chi connectivity index (χ2n) is 6.73. The molecule has 2 aliphatic heterocycles. The summed E-state index contributed by atoms with van der Waals surface area (Å²) in [6.45, 7) is 5.97. The predicted octanol–water partition coefficient (Wildman–Crippen LogP) is 2.71. The molecule has 0 unspecified atom stereocenters. The molecule has 3 rings (SSSR count). The number of carbonyl (C=O) groups excluding carboxylic acids is 2. The molecule has 0 aromatic carbocycles. The van der Waals surface area contributed by atoms with Gasteiger partial charge in [0.2, 0.25) is 11.8 Å². The van der Waals surface area contributed by atoms with Crippen molar-refractivity contribution in [3.63, 3.8) is 0 Å². The average molecular weight is 347 g/mol. The van der Waals surface area contributed by atoms with Gasteiger partial charge in [0.05, 0.1) is 10.7 Å². The van der Waals surface area contributed by atoms with Crippen molar-refractivity contribution in [1.29, 1.82) is 0 Å². The average Bonchev–Trinajstić information content (AvgIpc) is 2.86. The number of hydrogen-bond acceptors (Lipinski definition) is 4. The standard InChI is InChI=1S/C18H25N3O2S/c1-13-19-16(12-24-13)6-7-18(23)21-9-4-3-5-15-11-20(14(2)22)10-8-17(15)21/h6-7,12,15,17H,3-5,8-11H2,1-2H3/b7-6+/t15-,17-/m1/s1. The summed E-state index contributed by atoms with van der Waals surface area (Å²) < 4.78 is 0. The van der Waals surface area contributed by atoms with Crippen molar-refractivity contribution in [2.24, 2.45) is 5.92 Å². The molecule has 5 nitrogen and oxygen atoms in total. The predicted molar refractivity (Wildman–Crippen MR) is 95.6 cm³/mol. The zero-order valence-corrected chi connectivity index (χ0v) is 15.2. The summed E-state index contributed by atoms with van der Waals surface area (Å²) >= 11 is 1.59. The summed E-state index contributed by atoms with van der Waals surface area (Å²) in [5.74, 6) is 0.632. The third-order valence-electron chi connectivity index (χ3n) is 5.08. The van der Waals surface area contributed by atoms with Crippen LogP contribution in [0.2, 0.25) is 0 Å². The van der Waals surface area contributed by atoms with Crippen molar-refractivity contribution in [1.82, 2.24) is 14.8 Å². The summed E-state index contributed by atoms with van der Waals surface area (Å²) in [5.41, 5.74) is 0.851. The lowest BCUT2D eigenvalue weighted by atomic mass is 9.88. The quantitative estimate of drug-likeness (QED) is 0.773. The van der Waals surface area contributed by atoms with E-state index in [2.05, 4.69) is 4.98 Å². The number of aromatic nitrogens is 1. The summed E-state index contributed by atoms with van der Waals surface area (Å²) in [5, 5.41) is 2.98. The van der Waals surface area contributed by atoms with Crippen LogP contribution in [0.4, 0.5) is 0 Å². The van der Waals surface area contributed by atoms with Crippen molar-refractivity contribution in [2.75, 3.05) is 19.6 Å². The molecule has 1 aromatic rings. The Kier molecular flexibility index (Phi) is 5.33. The molecule has 0 aliphatic carbocycles. The zero-order chi connectivity index (χ0) is 17.1. The SMILES string of the molecule is CC(=O)N1CC[C@@H]2[C@H](CCCCN2C(=O)/C=C/c2csc(C)n2)C1. The molecular weight excluding hydrogens is 322 g/mol. The molecule has 2 saturated heterocycles. The highest BCUT2D eigenvalue weighted by atomic mass is 32.1. The van der Waals surface area contributed by atoms with E-state index in [0.29, 0.717) is 5.92 Å². The normalized spacial score (nSPS) is 24.8. The van der Waals surface area contributed by atoms with Crippen LogP contribution in [-0.2, 0) is 9.59 Å². The number of likely N-dealkylation sites (tertiary alicyclic amines) is 2. The molecule has 1 aromatic heterocycles. The van der Waals surface area contributed by atoms with Crippen LogP contribution >= 0.6 is 11.3 Å². The minimum Gasteiger partial charge on any atom is -0.343 e. The van der Waals surface area contributed by atoms with E-state index >= 15 is 0 Å². The van der Waals surface area contributed by atoms with E-state index in [0.717, 1.165) is 56.0 Å². The highest BCUT2D eigenvalue weighted by Gasteiger charge is 2.36. The number of fused-ring (bicyclic) bond motifs is 1. The second-order valence-corrected chi connectivity index (χ2v) is 7.80. The van der Waals surface area contributed by atoms with Crippen molar-refractivity contribution in [3.8, 4) is 0 Å². The van der Waals surface area contributed by atoms with E-state index in [1.54, 1.807) is 24.3 Å². The van der Waals surface area contributed by atoms with Crippen LogP contribution in [0.1, 0.15) is 43.3 Å². The van der Waals surface area contributed by atoms with Gasteiger partial charge < -0.3 is 9.80 Å². The van der Waals surface area contributed by atoms with Gasteiger partial charge in [-0.3, -0.25) is 9.59 Å². The third-order valence-corrected chi connectivity index (χ3v) is 5.87. The molecule has 0 bridgehead atoms. The van der Waals surface area contributed by atoms with E-state index in [-0.39, 0.29) is 17.9 Å². The maximum atomic E-state index is 12.7. The van der Waals surface area contributed by atoms with Gasteiger partial charge in [-0.05, 0) is 38.2 Å². The van der Waals surface area contributed by atoms with E-state index < -0.39 is 0 Å². The molecule has 24 heavy (non-hydrogen) atoms. The van der Waals surface area contributed by atoms with Crippen LogP contribution in [0.5, 0.6) is 0 Å². The van der Waals surface area contributed by atoms with E-state index in [1.165, 1.54) is 0 Å². The van der Waals surface area contributed by atoms with Gasteiger partial charge in [-0.2, -0.15) is 0 Å². The van der Waals surface area contributed by atoms with Gasteiger partial charge in [0.15, 0.2) is 0 Å². The minimum atomic E-state index is 0.0776. The molecule has 2 fully saturated rings. The molecule has 130 valence electrons. The lowest BCUT2D eigenvalue weighted by Gasteiger charge is -2.42. The Morgan fingerprint density at radius 2 is 2.12 bits per heavy atom. The lowest BCUT2D eigenvalue weighted by Crippen LogP contribution is -2.52. The highest BCUT2D eigenvalue weighted by Crippen LogP contribution is 2.30. The molecule has 2 amide bonds. The van der Waals surface area contributed by atoms with E-state index in [1.807, 2.05) is 28.2 Å². The molecule has 3 heterocycles. The Morgan fingerprint density at radius 1 is 1.29 bits per heavy atom. The Hall–Kier alpha value is -1.69. The van der Waals surface area contributed by atoms with Crippen LogP contribution in [0, 0.1) is 12.8 Å². The number of aryl methyl sites for hydroxylation is 1. The maximum Gasteiger partial charge on any atom is 0.246 e. The van der Waals surface area contributed by atoms with Gasteiger partial charge in [0, 0.05) is 44.1 Å². The Bertz CT molecular complexity index is 640. The van der Waals surface area contributed by atoms with Crippen LogP contribution in [-0.4, -0.2) is 52.3 Å². The molecule has 0 spiro atoms. The van der Waals surface area contributed by atoms with Gasteiger partial charge >= 0.3 is 0 Å². The molecule has 2 atom stereocenters. The molecule has 0 radical (unpaired) electrons. The van der Waals surface area contributed by atoms with E-state index in [9.17, 15) is 9.59 Å². The van der Waals surface area contributed by atoms with Crippen molar-refractivity contribution in [2.45, 2.75) is 45.6 Å². The van der Waals surface area contributed by atoms with Crippen molar-refractivity contribution >= 4 is 29.2 Å². The first-order valence-electron chi connectivity index (χ1n) is 8.71. The van der Waals surface area contributed by atoms with Crippen LogP contribution in [0.25, 0.3) is 6.08 Å².